The predicted molar refractivity (Wildman–Crippen MR) is 11.5 cm³/mol. The molecule has 0 saturated heterocycles. The van der Waals surface area contributed by atoms with Crippen LogP contribution in [0.3, 0.4) is 0 Å². The first-order valence-electron chi connectivity index (χ1n) is 0. The van der Waals surface area contributed by atoms with Gasteiger partial charge in [0, 0.05) is 174 Å². The van der Waals surface area contributed by atoms with Crippen LogP contribution in [0.5, 0.6) is 0 Å². The molecule has 0 aromatic heterocycles. The third-order valence-corrected chi connectivity index (χ3v) is 0. The van der Waals surface area contributed by atoms with Gasteiger partial charge in [-0.15, -0.1) is 0 Å². The van der Waals surface area contributed by atoms with Crippen LogP contribution in [0.15, 0.2) is 0 Å². The van der Waals surface area contributed by atoms with E-state index in [1.54, 1.807) is 0 Å². The van der Waals surface area contributed by atoms with Crippen LogP contribution in [0.25, 0.3) is 0 Å². The van der Waals surface area contributed by atoms with Crippen molar-refractivity contribution in [1.29, 1.82) is 0 Å². The predicted octanol–water partition coefficient (Wildman–Crippen LogP) is -0.769. The topological polar surface area (TPSA) is 0 Å². The van der Waals surface area contributed by atoms with Crippen molar-refractivity contribution in [2.24, 2.45) is 0 Å². The fourth-order valence-corrected chi connectivity index (χ4v) is 0. The van der Waals surface area contributed by atoms with E-state index < -0.39 is 0 Å². The molecule has 0 atom stereocenters. The van der Waals surface area contributed by atoms with Gasteiger partial charge in [0.15, 0.2) is 0 Å². The monoisotopic (exact) mass is 421 g/mol. The van der Waals surface area contributed by atoms with E-state index in [-0.39, 0.29) is 174 Å². The van der Waals surface area contributed by atoms with E-state index >= 15 is 0 Å². The summed E-state index contributed by atoms with van der Waals surface area (Å²) in [5, 5.41) is 0. The van der Waals surface area contributed by atoms with Gasteiger partial charge < -0.3 is 0 Å². The number of hydrogen-bond donors (Lipinski definition) is 0. The molecular weight excluding hydrogens is 421 g/mol. The Morgan fingerprint density at radius 2 is 1.00 bits per heavy atom. The molecule has 0 saturated carbocycles. The van der Waals surface area contributed by atoms with Crippen molar-refractivity contribution in [3.05, 3.63) is 0 Å². The molecule has 23 valence electrons. The number of hydrogen-bond acceptors (Lipinski definition) is 0. The van der Waals surface area contributed by atoms with Gasteiger partial charge in [-0.25, -0.2) is 0 Å². The van der Waals surface area contributed by atoms with Gasteiger partial charge in [0.25, 0.3) is 0 Å². The van der Waals surface area contributed by atoms with Crippen LogP contribution in [0.1, 0.15) is 0 Å². The Hall–Kier alpha value is 5.61. The minimum atomic E-state index is 0. The van der Waals surface area contributed by atoms with Crippen molar-refractivity contribution in [2.45, 2.75) is 0 Å². The molecular formula is CeFeKMgMoZn. The van der Waals surface area contributed by atoms with Crippen molar-refractivity contribution in [2.75, 3.05) is 0 Å². The second kappa shape index (κ2) is 31.1. The van der Waals surface area contributed by atoms with Crippen LogP contribution in [0.2, 0.25) is 0 Å². The van der Waals surface area contributed by atoms with Crippen LogP contribution in [-0.4, -0.2) is 74.4 Å². The van der Waals surface area contributed by atoms with Crippen molar-refractivity contribution >= 4 is 74.4 Å². The molecule has 0 aliphatic carbocycles. The van der Waals surface area contributed by atoms with Crippen LogP contribution in [0, 0.1) is 41.7 Å². The molecule has 0 bridgehead atoms. The summed E-state index contributed by atoms with van der Waals surface area (Å²) >= 11 is 0. The Bertz CT molecular complexity index is 15.5. The van der Waals surface area contributed by atoms with Crippen LogP contribution < -0.4 is 0 Å². The summed E-state index contributed by atoms with van der Waals surface area (Å²) in [6, 6.07) is 0. The van der Waals surface area contributed by atoms with Gasteiger partial charge in [-0.05, 0) is 0 Å². The molecule has 0 aliphatic rings. The first kappa shape index (κ1) is 41.5. The molecule has 0 spiro atoms. The molecule has 0 unspecified atom stereocenters. The zero-order valence-electron chi connectivity index (χ0n) is 3.68. The third-order valence-electron chi connectivity index (χ3n) is 0. The standard InChI is InChI=1S/Ce.Fe.K.Mg.Mo.Zn. The Morgan fingerprint density at radius 1 is 1.00 bits per heavy atom. The second-order valence-electron chi connectivity index (χ2n) is 0. The summed E-state index contributed by atoms with van der Waals surface area (Å²) in [5.41, 5.74) is 0. The molecule has 0 heterocycles. The van der Waals surface area contributed by atoms with E-state index in [0.29, 0.717) is 0 Å². The smallest absolute Gasteiger partial charge is 0 e. The summed E-state index contributed by atoms with van der Waals surface area (Å²) in [6.07, 6.45) is 0. The fraction of sp³-hybridized carbons (Fsp3) is 0. The molecule has 0 aromatic carbocycles. The molecule has 0 amide bonds. The van der Waals surface area contributed by atoms with E-state index in [1.807, 2.05) is 0 Å². The van der Waals surface area contributed by atoms with E-state index in [4.69, 9.17) is 0 Å². The molecule has 3 radical (unpaired) electrons. The van der Waals surface area contributed by atoms with E-state index in [0.717, 1.165) is 0 Å². The van der Waals surface area contributed by atoms with Crippen molar-refractivity contribution in [3.8, 4) is 0 Å². The minimum absolute atomic E-state index is 0. The molecule has 0 nitrogen and oxygen atoms in total. The average molecular weight is 421 g/mol. The van der Waals surface area contributed by atoms with Gasteiger partial charge >= 0.3 is 0 Å². The average Bonchev–Trinajstić information content (AvgIpc) is 0. The SMILES string of the molecule is [Ce].[Fe].[K].[Mg].[Mo].[Zn]. The van der Waals surface area contributed by atoms with E-state index in [1.165, 1.54) is 0 Å². The molecule has 0 rings (SSSR count). The largest absolute Gasteiger partial charge is 0 e. The Kier molecular flexibility index (Phi) is 215. The molecule has 6 heteroatoms. The third kappa shape index (κ3) is 22.6. The van der Waals surface area contributed by atoms with E-state index in [2.05, 4.69) is 0 Å². The second-order valence-corrected chi connectivity index (χ2v) is 0. The normalized spacial score (nSPS) is 0. The molecule has 0 N–H and O–H groups in total. The van der Waals surface area contributed by atoms with Gasteiger partial charge in [0.05, 0.1) is 0 Å². The Morgan fingerprint density at radius 3 is 1.00 bits per heavy atom. The molecule has 0 aliphatic heterocycles. The first-order chi connectivity index (χ1) is 0. The van der Waals surface area contributed by atoms with Gasteiger partial charge in [0.1, 0.15) is 0 Å². The zero-order chi connectivity index (χ0) is 0. The minimum Gasteiger partial charge on any atom is 0 e. The van der Waals surface area contributed by atoms with Gasteiger partial charge in [0.2, 0.25) is 0 Å². The van der Waals surface area contributed by atoms with Crippen molar-refractivity contribution in [3.63, 3.8) is 0 Å². The Labute approximate surface area is 168 Å². The zero-order valence-corrected chi connectivity index (χ0v) is 17.4. The summed E-state index contributed by atoms with van der Waals surface area (Å²) in [7, 11) is 0. The first-order valence-corrected chi connectivity index (χ1v) is 0. The Balaban J connectivity index is 0. The van der Waals surface area contributed by atoms with Gasteiger partial charge in [-0.1, -0.05) is 0 Å². The van der Waals surface area contributed by atoms with Crippen LogP contribution >= 0.6 is 0 Å². The maximum absolute atomic E-state index is 0. The van der Waals surface area contributed by atoms with Crippen molar-refractivity contribution < 1.29 is 99.4 Å². The summed E-state index contributed by atoms with van der Waals surface area (Å²) < 4.78 is 0. The van der Waals surface area contributed by atoms with Crippen molar-refractivity contribution in [1.82, 2.24) is 0 Å². The maximum Gasteiger partial charge on any atom is 0 e. The summed E-state index contributed by atoms with van der Waals surface area (Å²) in [5.74, 6) is 0. The van der Waals surface area contributed by atoms with Crippen LogP contribution in [0.4, 0.5) is 0 Å². The summed E-state index contributed by atoms with van der Waals surface area (Å²) in [4.78, 5) is 0. The van der Waals surface area contributed by atoms with Gasteiger partial charge in [-0.3, -0.25) is 0 Å². The quantitative estimate of drug-likeness (QED) is 0.452. The maximum atomic E-state index is 0. The molecule has 6 heavy (non-hydrogen) atoms. The molecule has 0 fully saturated rings. The number of rotatable bonds is 0. The van der Waals surface area contributed by atoms with Crippen LogP contribution in [-0.2, 0) is 57.6 Å². The fourth-order valence-electron chi connectivity index (χ4n) is 0. The molecule has 0 aromatic rings. The van der Waals surface area contributed by atoms with E-state index in [9.17, 15) is 0 Å². The van der Waals surface area contributed by atoms with Gasteiger partial charge in [-0.2, -0.15) is 0 Å². The summed E-state index contributed by atoms with van der Waals surface area (Å²) in [6.45, 7) is 0.